The number of anilines is 1. The molecule has 0 saturated carbocycles. The number of methoxy groups -OCH3 is 1. The van der Waals surface area contributed by atoms with Gasteiger partial charge in [0.1, 0.15) is 17.4 Å². The topological polar surface area (TPSA) is 69.0 Å². The molecule has 28 heavy (non-hydrogen) atoms. The predicted molar refractivity (Wildman–Crippen MR) is 107 cm³/mol. The van der Waals surface area contributed by atoms with Crippen molar-refractivity contribution in [3.05, 3.63) is 65.6 Å². The zero-order valence-corrected chi connectivity index (χ0v) is 16.1. The molecule has 0 radical (unpaired) electrons. The van der Waals surface area contributed by atoms with Gasteiger partial charge in [-0.3, -0.25) is 4.79 Å². The van der Waals surface area contributed by atoms with Crippen LogP contribution in [0.1, 0.15) is 11.3 Å². The highest BCUT2D eigenvalue weighted by molar-refractivity contribution is 7.20. The van der Waals surface area contributed by atoms with E-state index < -0.39 is 0 Å². The van der Waals surface area contributed by atoms with Gasteiger partial charge in [-0.15, -0.1) is 0 Å². The second-order valence-corrected chi connectivity index (χ2v) is 7.27. The number of nitrogens with zero attached hydrogens (tertiary/aromatic N) is 3. The molecule has 1 amide bonds. The molecule has 0 aliphatic rings. The van der Waals surface area contributed by atoms with Gasteiger partial charge in [0, 0.05) is 12.1 Å². The lowest BCUT2D eigenvalue weighted by Crippen LogP contribution is -2.17. The summed E-state index contributed by atoms with van der Waals surface area (Å²) in [6.45, 7) is 1.85. The van der Waals surface area contributed by atoms with E-state index in [0.717, 1.165) is 27.2 Å². The van der Waals surface area contributed by atoms with E-state index in [1.54, 1.807) is 30.0 Å². The molecule has 8 heteroatoms. The molecule has 0 saturated heterocycles. The van der Waals surface area contributed by atoms with Crippen LogP contribution >= 0.6 is 11.3 Å². The maximum atomic E-state index is 13.0. The van der Waals surface area contributed by atoms with Gasteiger partial charge in [-0.05, 0) is 36.8 Å². The number of halogens is 1. The fourth-order valence-electron chi connectivity index (χ4n) is 2.82. The third kappa shape index (κ3) is 3.72. The maximum absolute atomic E-state index is 13.0. The Labute approximate surface area is 164 Å². The minimum atomic E-state index is -0.328. The van der Waals surface area contributed by atoms with Crippen LogP contribution in [-0.2, 0) is 11.2 Å². The summed E-state index contributed by atoms with van der Waals surface area (Å²) < 4.78 is 20.9. The maximum Gasteiger partial charge on any atom is 0.229 e. The van der Waals surface area contributed by atoms with Crippen molar-refractivity contribution in [1.29, 1.82) is 0 Å². The summed E-state index contributed by atoms with van der Waals surface area (Å²) in [5, 5.41) is 7.98. The predicted octanol–water partition coefficient (Wildman–Crippen LogP) is 4.12. The van der Waals surface area contributed by atoms with Gasteiger partial charge in [0.2, 0.25) is 11.0 Å². The molecule has 0 fully saturated rings. The highest BCUT2D eigenvalue weighted by atomic mass is 32.1. The first kappa shape index (κ1) is 18.1. The lowest BCUT2D eigenvalue weighted by molar-refractivity contribution is -0.115. The number of thiazole rings is 1. The molecular formula is C20H17FN4O2S. The average Bonchev–Trinajstić information content (AvgIpc) is 3.25. The number of rotatable bonds is 5. The molecule has 0 aliphatic carbocycles. The highest BCUT2D eigenvalue weighted by Crippen LogP contribution is 2.29. The molecular weight excluding hydrogens is 379 g/mol. The molecule has 4 aromatic rings. The van der Waals surface area contributed by atoms with E-state index in [1.165, 1.54) is 23.5 Å². The van der Waals surface area contributed by atoms with Crippen molar-refractivity contribution in [1.82, 2.24) is 14.8 Å². The molecule has 0 spiro atoms. The molecule has 0 atom stereocenters. The van der Waals surface area contributed by atoms with Crippen LogP contribution in [0.2, 0.25) is 0 Å². The van der Waals surface area contributed by atoms with Crippen molar-refractivity contribution in [3.63, 3.8) is 0 Å². The zero-order valence-electron chi connectivity index (χ0n) is 15.3. The van der Waals surface area contributed by atoms with Crippen molar-refractivity contribution >= 4 is 33.3 Å². The van der Waals surface area contributed by atoms with E-state index in [-0.39, 0.29) is 18.1 Å². The first-order chi connectivity index (χ1) is 13.5. The van der Waals surface area contributed by atoms with E-state index in [4.69, 9.17) is 4.74 Å². The SMILES string of the molecule is COc1ccc2sc(-n3nc(C)cc3NC(=O)Cc3ccc(F)cc3)nc2c1. The smallest absolute Gasteiger partial charge is 0.229 e. The van der Waals surface area contributed by atoms with Crippen molar-refractivity contribution in [2.24, 2.45) is 0 Å². The number of carbonyl (C=O) groups excluding carboxylic acids is 1. The van der Waals surface area contributed by atoms with E-state index >= 15 is 0 Å². The van der Waals surface area contributed by atoms with Crippen LogP contribution in [0.4, 0.5) is 10.2 Å². The summed E-state index contributed by atoms with van der Waals surface area (Å²) in [6, 6.07) is 13.3. The van der Waals surface area contributed by atoms with Crippen molar-refractivity contribution in [3.8, 4) is 10.9 Å². The summed E-state index contributed by atoms with van der Waals surface area (Å²) in [7, 11) is 1.61. The van der Waals surface area contributed by atoms with Gasteiger partial charge in [-0.1, -0.05) is 23.5 Å². The minimum absolute atomic E-state index is 0.140. The Hall–Kier alpha value is -3.26. The normalized spacial score (nSPS) is 11.0. The van der Waals surface area contributed by atoms with E-state index in [1.807, 2.05) is 25.1 Å². The second-order valence-electron chi connectivity index (χ2n) is 6.26. The zero-order chi connectivity index (χ0) is 19.7. The molecule has 0 unspecified atom stereocenters. The van der Waals surface area contributed by atoms with Crippen molar-refractivity contribution in [2.45, 2.75) is 13.3 Å². The summed E-state index contributed by atoms with van der Waals surface area (Å²) >= 11 is 1.47. The van der Waals surface area contributed by atoms with Crippen LogP contribution in [0.15, 0.2) is 48.5 Å². The van der Waals surface area contributed by atoms with Gasteiger partial charge in [0.25, 0.3) is 0 Å². The number of amides is 1. The van der Waals surface area contributed by atoms with Crippen LogP contribution in [0.3, 0.4) is 0 Å². The third-order valence-electron chi connectivity index (χ3n) is 4.14. The van der Waals surface area contributed by atoms with Crippen LogP contribution in [0, 0.1) is 12.7 Å². The fraction of sp³-hybridized carbons (Fsp3) is 0.150. The summed E-state index contributed by atoms with van der Waals surface area (Å²) in [6.07, 6.45) is 0.140. The Kier molecular flexibility index (Phi) is 4.79. The molecule has 142 valence electrons. The van der Waals surface area contributed by atoms with Crippen molar-refractivity contribution in [2.75, 3.05) is 12.4 Å². The van der Waals surface area contributed by atoms with Gasteiger partial charge in [-0.2, -0.15) is 9.78 Å². The number of hydrogen-bond donors (Lipinski definition) is 1. The van der Waals surface area contributed by atoms with Crippen LogP contribution < -0.4 is 10.1 Å². The average molecular weight is 396 g/mol. The number of hydrogen-bond acceptors (Lipinski definition) is 5. The van der Waals surface area contributed by atoms with Gasteiger partial charge in [-0.25, -0.2) is 9.37 Å². The number of fused-ring (bicyclic) bond motifs is 1. The molecule has 6 nitrogen and oxygen atoms in total. The standard InChI is InChI=1S/C20H17FN4O2S/c1-12-9-18(23-19(26)10-13-3-5-14(21)6-4-13)25(24-12)20-22-16-11-15(27-2)7-8-17(16)28-20/h3-9,11H,10H2,1-2H3,(H,23,26). The lowest BCUT2D eigenvalue weighted by Gasteiger charge is -2.06. The van der Waals surface area contributed by atoms with E-state index in [0.29, 0.717) is 10.9 Å². The lowest BCUT2D eigenvalue weighted by atomic mass is 10.1. The van der Waals surface area contributed by atoms with E-state index in [9.17, 15) is 9.18 Å². The van der Waals surface area contributed by atoms with Crippen molar-refractivity contribution < 1.29 is 13.9 Å². The van der Waals surface area contributed by atoms with Gasteiger partial charge < -0.3 is 10.1 Å². The molecule has 2 aromatic heterocycles. The summed E-state index contributed by atoms with van der Waals surface area (Å²) in [4.78, 5) is 17.0. The first-order valence-corrected chi connectivity index (χ1v) is 9.39. The summed E-state index contributed by atoms with van der Waals surface area (Å²) in [5.41, 5.74) is 2.29. The van der Waals surface area contributed by atoms with Gasteiger partial charge in [0.05, 0.1) is 29.4 Å². The number of carbonyl (C=O) groups is 1. The summed E-state index contributed by atoms with van der Waals surface area (Å²) in [5.74, 6) is 0.727. The molecule has 4 rings (SSSR count). The molecule has 0 aliphatic heterocycles. The van der Waals surface area contributed by atoms with Crippen LogP contribution in [0.5, 0.6) is 5.75 Å². The fourth-order valence-corrected chi connectivity index (χ4v) is 3.73. The quantitative estimate of drug-likeness (QED) is 0.551. The molecule has 2 aromatic carbocycles. The Balaban J connectivity index is 1.59. The number of ether oxygens (including phenoxy) is 1. The van der Waals surface area contributed by atoms with Gasteiger partial charge in [0.15, 0.2) is 0 Å². The number of benzene rings is 2. The highest BCUT2D eigenvalue weighted by Gasteiger charge is 2.15. The third-order valence-corrected chi connectivity index (χ3v) is 5.15. The van der Waals surface area contributed by atoms with Gasteiger partial charge >= 0.3 is 0 Å². The first-order valence-electron chi connectivity index (χ1n) is 8.58. The number of nitrogens with one attached hydrogen (secondary N) is 1. The van der Waals surface area contributed by atoms with E-state index in [2.05, 4.69) is 15.4 Å². The number of aromatic nitrogens is 3. The van der Waals surface area contributed by atoms with Crippen LogP contribution in [0.25, 0.3) is 15.3 Å². The second kappa shape index (κ2) is 7.40. The molecule has 1 N–H and O–H groups in total. The minimum Gasteiger partial charge on any atom is -0.497 e. The van der Waals surface area contributed by atoms with Crippen LogP contribution in [-0.4, -0.2) is 27.8 Å². The Bertz CT molecular complexity index is 1150. The Morgan fingerprint density at radius 1 is 1.21 bits per heavy atom. The number of aryl methyl sites for hydroxylation is 1. The monoisotopic (exact) mass is 396 g/mol. The molecule has 2 heterocycles. The largest absolute Gasteiger partial charge is 0.497 e. The molecule has 0 bridgehead atoms. The Morgan fingerprint density at radius 3 is 2.75 bits per heavy atom. The Morgan fingerprint density at radius 2 is 2.00 bits per heavy atom.